The van der Waals surface area contributed by atoms with E-state index >= 15 is 0 Å². The molecule has 9 heteroatoms. The van der Waals surface area contributed by atoms with Crippen molar-refractivity contribution in [2.75, 3.05) is 39.5 Å². The molecule has 3 heterocycles. The first kappa shape index (κ1) is 31.4. The molecule has 0 aromatic heterocycles. The molecule has 0 unspecified atom stereocenters. The SMILES string of the molecule is C[C@@H]1CN(C2CCN(C(=O)c3ccccc3-c3ccccc3)CC2)CCN1[C@@H](C)c1ccc(S(=O)(=O)c2ccc3c(c2)OCO3)cc1. The molecule has 8 nitrogen and oxygen atoms in total. The third-order valence-corrected chi connectivity index (χ3v) is 11.8. The second kappa shape index (κ2) is 13.1. The maximum absolute atomic E-state index is 13.6. The molecule has 0 radical (unpaired) electrons. The van der Waals surface area contributed by atoms with Gasteiger partial charge in [0.25, 0.3) is 5.91 Å². The Labute approximate surface area is 277 Å². The van der Waals surface area contributed by atoms with Gasteiger partial charge in [0.2, 0.25) is 16.6 Å². The van der Waals surface area contributed by atoms with Crippen molar-refractivity contribution in [3.63, 3.8) is 0 Å². The number of ether oxygens (including phenoxy) is 2. The summed E-state index contributed by atoms with van der Waals surface area (Å²) in [6, 6.07) is 31.0. The van der Waals surface area contributed by atoms with Crippen LogP contribution in [-0.4, -0.2) is 80.6 Å². The van der Waals surface area contributed by atoms with Gasteiger partial charge in [-0.3, -0.25) is 14.6 Å². The van der Waals surface area contributed by atoms with Crippen LogP contribution in [0.25, 0.3) is 11.1 Å². The summed E-state index contributed by atoms with van der Waals surface area (Å²) < 4.78 is 37.4. The highest BCUT2D eigenvalue weighted by atomic mass is 32.2. The van der Waals surface area contributed by atoms with E-state index in [1.165, 1.54) is 6.07 Å². The number of hydrogen-bond acceptors (Lipinski definition) is 7. The average Bonchev–Trinajstić information content (AvgIpc) is 3.60. The molecule has 1 amide bonds. The number of hydrogen-bond donors (Lipinski definition) is 0. The summed E-state index contributed by atoms with van der Waals surface area (Å²) in [5.41, 5.74) is 3.92. The van der Waals surface area contributed by atoms with E-state index in [-0.39, 0.29) is 28.5 Å². The van der Waals surface area contributed by atoms with Gasteiger partial charge in [-0.25, -0.2) is 8.42 Å². The maximum atomic E-state index is 13.6. The van der Waals surface area contributed by atoms with E-state index in [0.717, 1.165) is 67.8 Å². The highest BCUT2D eigenvalue weighted by Crippen LogP contribution is 2.36. The normalized spacial score (nSPS) is 19.9. The monoisotopic (exact) mass is 651 g/mol. The van der Waals surface area contributed by atoms with Crippen LogP contribution in [0.4, 0.5) is 0 Å². The van der Waals surface area contributed by atoms with Crippen LogP contribution in [0.15, 0.2) is 107 Å². The molecule has 0 spiro atoms. The summed E-state index contributed by atoms with van der Waals surface area (Å²) in [4.78, 5) is 21.2. The number of piperazine rings is 1. The molecule has 244 valence electrons. The van der Waals surface area contributed by atoms with E-state index in [9.17, 15) is 13.2 Å². The molecule has 7 rings (SSSR count). The molecule has 3 aliphatic rings. The van der Waals surface area contributed by atoms with Crippen LogP contribution in [0.5, 0.6) is 11.5 Å². The second-order valence-electron chi connectivity index (χ2n) is 12.8. The van der Waals surface area contributed by atoms with Crippen molar-refractivity contribution >= 4 is 15.7 Å². The van der Waals surface area contributed by atoms with Crippen LogP contribution < -0.4 is 9.47 Å². The lowest BCUT2D eigenvalue weighted by Crippen LogP contribution is -2.57. The van der Waals surface area contributed by atoms with Crippen LogP contribution in [0.2, 0.25) is 0 Å². The lowest BCUT2D eigenvalue weighted by molar-refractivity contribution is 0.0135. The van der Waals surface area contributed by atoms with Gasteiger partial charge in [-0.05, 0) is 73.7 Å². The number of carbonyl (C=O) groups is 1. The van der Waals surface area contributed by atoms with Crippen LogP contribution in [0.3, 0.4) is 0 Å². The van der Waals surface area contributed by atoms with Crippen molar-refractivity contribution in [1.29, 1.82) is 0 Å². The van der Waals surface area contributed by atoms with E-state index in [0.29, 0.717) is 23.6 Å². The Morgan fingerprint density at radius 3 is 2.21 bits per heavy atom. The number of benzene rings is 4. The van der Waals surface area contributed by atoms with Crippen molar-refractivity contribution in [3.8, 4) is 22.6 Å². The minimum absolute atomic E-state index is 0.101. The topological polar surface area (TPSA) is 79.4 Å². The van der Waals surface area contributed by atoms with Gasteiger partial charge in [-0.15, -0.1) is 0 Å². The van der Waals surface area contributed by atoms with Gasteiger partial charge in [-0.1, -0.05) is 60.7 Å². The summed E-state index contributed by atoms with van der Waals surface area (Å²) in [5, 5.41) is 0. The summed E-state index contributed by atoms with van der Waals surface area (Å²) in [5.74, 6) is 1.13. The number of sulfone groups is 1. The van der Waals surface area contributed by atoms with Crippen LogP contribution in [0.1, 0.15) is 48.7 Å². The second-order valence-corrected chi connectivity index (χ2v) is 14.7. The fourth-order valence-electron chi connectivity index (χ4n) is 7.35. The smallest absolute Gasteiger partial charge is 0.254 e. The summed E-state index contributed by atoms with van der Waals surface area (Å²) in [6.07, 6.45) is 1.95. The Kier molecular flexibility index (Phi) is 8.79. The Morgan fingerprint density at radius 2 is 1.47 bits per heavy atom. The third-order valence-electron chi connectivity index (χ3n) is 10.0. The molecule has 47 heavy (non-hydrogen) atoms. The molecule has 2 fully saturated rings. The number of carbonyl (C=O) groups excluding carboxylic acids is 1. The number of nitrogens with zero attached hydrogens (tertiary/aromatic N) is 3. The molecule has 0 bridgehead atoms. The van der Waals surface area contributed by atoms with Gasteiger partial charge in [0, 0.05) is 62.5 Å². The zero-order valence-electron chi connectivity index (χ0n) is 26.9. The van der Waals surface area contributed by atoms with Crippen LogP contribution in [0, 0.1) is 0 Å². The largest absolute Gasteiger partial charge is 0.454 e. The van der Waals surface area contributed by atoms with Gasteiger partial charge in [0.15, 0.2) is 11.5 Å². The Hall–Kier alpha value is -4.18. The first-order valence-electron chi connectivity index (χ1n) is 16.5. The van der Waals surface area contributed by atoms with Crippen LogP contribution >= 0.6 is 0 Å². The zero-order chi connectivity index (χ0) is 32.5. The molecule has 4 aromatic rings. The fraction of sp³-hybridized carbons (Fsp3) is 0.342. The van der Waals surface area contributed by atoms with Gasteiger partial charge >= 0.3 is 0 Å². The maximum Gasteiger partial charge on any atom is 0.254 e. The minimum Gasteiger partial charge on any atom is -0.454 e. The van der Waals surface area contributed by atoms with E-state index in [1.807, 2.05) is 59.5 Å². The molecule has 0 aliphatic carbocycles. The van der Waals surface area contributed by atoms with Gasteiger partial charge in [0.1, 0.15) is 0 Å². The fourth-order valence-corrected chi connectivity index (χ4v) is 8.62. The molecule has 2 saturated heterocycles. The minimum atomic E-state index is -3.68. The number of likely N-dealkylation sites (tertiary alicyclic amines) is 1. The van der Waals surface area contributed by atoms with Crippen LogP contribution in [-0.2, 0) is 9.84 Å². The molecule has 2 atom stereocenters. The number of fused-ring (bicyclic) bond motifs is 1. The number of amides is 1. The van der Waals surface area contributed by atoms with E-state index in [1.54, 1.807) is 24.3 Å². The van der Waals surface area contributed by atoms with E-state index < -0.39 is 9.84 Å². The zero-order valence-corrected chi connectivity index (χ0v) is 27.7. The van der Waals surface area contributed by atoms with Gasteiger partial charge in [0.05, 0.1) is 9.79 Å². The lowest BCUT2D eigenvalue weighted by Gasteiger charge is -2.47. The van der Waals surface area contributed by atoms with Crippen molar-refractivity contribution in [2.45, 2.75) is 54.6 Å². The summed E-state index contributed by atoms with van der Waals surface area (Å²) >= 11 is 0. The molecule has 0 saturated carbocycles. The van der Waals surface area contributed by atoms with Gasteiger partial charge in [-0.2, -0.15) is 0 Å². The average molecular weight is 652 g/mol. The highest BCUT2D eigenvalue weighted by molar-refractivity contribution is 7.91. The molecular formula is C38H41N3O5S. The number of piperidine rings is 1. The highest BCUT2D eigenvalue weighted by Gasteiger charge is 2.34. The van der Waals surface area contributed by atoms with Crippen molar-refractivity contribution < 1.29 is 22.7 Å². The molecule has 4 aromatic carbocycles. The lowest BCUT2D eigenvalue weighted by atomic mass is 9.96. The first-order chi connectivity index (χ1) is 22.8. The Balaban J connectivity index is 0.946. The van der Waals surface area contributed by atoms with Crippen molar-refractivity contribution in [2.24, 2.45) is 0 Å². The molecular weight excluding hydrogens is 611 g/mol. The Bertz CT molecular complexity index is 1840. The first-order valence-corrected chi connectivity index (χ1v) is 18.0. The predicted octanol–water partition coefficient (Wildman–Crippen LogP) is 6.29. The third kappa shape index (κ3) is 6.27. The van der Waals surface area contributed by atoms with Crippen molar-refractivity contribution in [1.82, 2.24) is 14.7 Å². The summed E-state index contributed by atoms with van der Waals surface area (Å²) in [7, 11) is -3.68. The quantitative estimate of drug-likeness (QED) is 0.233. The number of rotatable bonds is 7. The Morgan fingerprint density at radius 1 is 0.787 bits per heavy atom. The standard InChI is InChI=1S/C38H41N3O5S/c1-27-25-40(31-18-20-39(21-19-31)38(42)35-11-7-6-10-34(35)30-8-4-3-5-9-30)22-23-41(27)28(2)29-12-14-32(15-13-29)47(43,44)33-16-17-36-37(24-33)46-26-45-36/h3-17,24,27-28,31H,18-23,25-26H2,1-2H3/t27-,28+/m1/s1. The predicted molar refractivity (Wildman–Crippen MR) is 181 cm³/mol. The molecule has 0 N–H and O–H groups in total. The molecule has 3 aliphatic heterocycles. The van der Waals surface area contributed by atoms with Gasteiger partial charge < -0.3 is 14.4 Å². The van der Waals surface area contributed by atoms with Crippen molar-refractivity contribution in [3.05, 3.63) is 108 Å². The summed E-state index contributed by atoms with van der Waals surface area (Å²) in [6.45, 7) is 8.98. The van der Waals surface area contributed by atoms with E-state index in [2.05, 4.69) is 35.8 Å². The van der Waals surface area contributed by atoms with E-state index in [4.69, 9.17) is 9.47 Å².